The first-order chi connectivity index (χ1) is 13.8. The van der Waals surface area contributed by atoms with E-state index in [0.717, 1.165) is 18.4 Å². The molecule has 1 N–H and O–H groups in total. The van der Waals surface area contributed by atoms with Crippen molar-refractivity contribution in [2.75, 3.05) is 11.3 Å². The zero-order valence-corrected chi connectivity index (χ0v) is 18.3. The predicted molar refractivity (Wildman–Crippen MR) is 117 cm³/mol. The topological polar surface area (TPSA) is 66.5 Å². The van der Waals surface area contributed by atoms with E-state index in [-0.39, 0.29) is 10.8 Å². The van der Waals surface area contributed by atoms with E-state index in [1.807, 2.05) is 24.8 Å². The molecule has 2 aromatic carbocycles. The molecule has 1 amide bonds. The average molecular weight is 415 g/mol. The second-order valence-electron chi connectivity index (χ2n) is 7.83. The number of hydrogen-bond donors (Lipinski definition) is 1. The third kappa shape index (κ3) is 4.99. The molecule has 0 radical (unpaired) electrons. The fourth-order valence-electron chi connectivity index (χ4n) is 4.01. The summed E-state index contributed by atoms with van der Waals surface area (Å²) in [7, 11) is -3.68. The number of hydrogen-bond acceptors (Lipinski definition) is 3. The number of nitrogens with one attached hydrogen (secondary N) is 1. The van der Waals surface area contributed by atoms with Gasteiger partial charge >= 0.3 is 0 Å². The number of amides is 1. The molecule has 6 heteroatoms. The minimum atomic E-state index is -3.68. The van der Waals surface area contributed by atoms with Crippen LogP contribution in [0.4, 0.5) is 5.69 Å². The lowest BCUT2D eigenvalue weighted by Crippen LogP contribution is -2.41. The van der Waals surface area contributed by atoms with Crippen LogP contribution in [0.3, 0.4) is 0 Å². The van der Waals surface area contributed by atoms with Crippen molar-refractivity contribution >= 4 is 21.6 Å². The number of rotatable bonds is 6. The van der Waals surface area contributed by atoms with Crippen LogP contribution in [0.1, 0.15) is 60.5 Å². The first kappa shape index (κ1) is 21.4. The van der Waals surface area contributed by atoms with Crippen molar-refractivity contribution in [2.24, 2.45) is 0 Å². The number of nitrogens with zero attached hydrogens (tertiary/aromatic N) is 1. The van der Waals surface area contributed by atoms with Crippen molar-refractivity contribution < 1.29 is 13.2 Å². The van der Waals surface area contributed by atoms with Gasteiger partial charge in [0.25, 0.3) is 15.9 Å². The highest BCUT2D eigenvalue weighted by atomic mass is 32.2. The van der Waals surface area contributed by atoms with Crippen LogP contribution in [0.25, 0.3) is 0 Å². The fourth-order valence-corrected chi connectivity index (χ4v) is 5.40. The lowest BCUT2D eigenvalue weighted by Gasteiger charge is -2.33. The summed E-state index contributed by atoms with van der Waals surface area (Å²) in [5, 5.41) is 0. The highest BCUT2D eigenvalue weighted by Crippen LogP contribution is 2.25. The average Bonchev–Trinajstić information content (AvgIpc) is 2.71. The SMILES string of the molecule is CCN(C(=O)c1ccc(NS(=O)(=O)c2cc(C)ccc2C)cc1)C1CCCCC1. The molecule has 0 heterocycles. The molecule has 0 aliphatic heterocycles. The standard InChI is InChI=1S/C23H30N2O3S/c1-4-25(21-8-6-5-7-9-21)23(26)19-12-14-20(15-13-19)24-29(27,28)22-16-17(2)10-11-18(22)3/h10-16,21,24H,4-9H2,1-3H3. The summed E-state index contributed by atoms with van der Waals surface area (Å²) >= 11 is 0. The summed E-state index contributed by atoms with van der Waals surface area (Å²) in [6, 6.07) is 12.4. The molecule has 3 rings (SSSR count). The molecule has 156 valence electrons. The number of carbonyl (C=O) groups is 1. The molecule has 0 atom stereocenters. The van der Waals surface area contributed by atoms with Gasteiger partial charge in [-0.05, 0) is 75.1 Å². The van der Waals surface area contributed by atoms with Gasteiger partial charge in [0, 0.05) is 23.8 Å². The van der Waals surface area contributed by atoms with E-state index < -0.39 is 10.0 Å². The van der Waals surface area contributed by atoms with Crippen LogP contribution in [-0.2, 0) is 10.0 Å². The van der Waals surface area contributed by atoms with E-state index in [4.69, 9.17) is 0 Å². The third-order valence-corrected chi connectivity index (χ3v) is 7.16. The monoisotopic (exact) mass is 414 g/mol. The molecule has 0 unspecified atom stereocenters. The zero-order chi connectivity index (χ0) is 21.0. The minimum Gasteiger partial charge on any atom is -0.336 e. The maximum Gasteiger partial charge on any atom is 0.262 e. The molecular formula is C23H30N2O3S. The van der Waals surface area contributed by atoms with E-state index in [9.17, 15) is 13.2 Å². The third-order valence-electron chi connectivity index (χ3n) is 5.63. The van der Waals surface area contributed by atoms with Gasteiger partial charge in [-0.15, -0.1) is 0 Å². The molecular weight excluding hydrogens is 384 g/mol. The van der Waals surface area contributed by atoms with E-state index in [1.165, 1.54) is 19.3 Å². The van der Waals surface area contributed by atoms with Crippen molar-refractivity contribution in [1.82, 2.24) is 4.90 Å². The summed E-state index contributed by atoms with van der Waals surface area (Å²) in [4.78, 5) is 15.2. The smallest absolute Gasteiger partial charge is 0.262 e. The molecule has 1 fully saturated rings. The van der Waals surface area contributed by atoms with Crippen LogP contribution in [0, 0.1) is 13.8 Å². The van der Waals surface area contributed by atoms with Gasteiger partial charge in [0.15, 0.2) is 0 Å². The second kappa shape index (κ2) is 8.99. The first-order valence-corrected chi connectivity index (χ1v) is 11.8. The van der Waals surface area contributed by atoms with Gasteiger partial charge in [-0.2, -0.15) is 0 Å². The molecule has 1 aliphatic carbocycles. The van der Waals surface area contributed by atoms with E-state index in [1.54, 1.807) is 43.3 Å². The van der Waals surface area contributed by atoms with Crippen molar-refractivity contribution in [2.45, 2.75) is 63.8 Å². The minimum absolute atomic E-state index is 0.0170. The van der Waals surface area contributed by atoms with E-state index in [2.05, 4.69) is 4.72 Å². The van der Waals surface area contributed by atoms with Crippen LogP contribution in [0.15, 0.2) is 47.4 Å². The highest BCUT2D eigenvalue weighted by Gasteiger charge is 2.25. The van der Waals surface area contributed by atoms with Crippen LogP contribution < -0.4 is 4.72 Å². The van der Waals surface area contributed by atoms with E-state index >= 15 is 0 Å². The molecule has 2 aromatic rings. The molecule has 0 aromatic heterocycles. The largest absolute Gasteiger partial charge is 0.336 e. The summed E-state index contributed by atoms with van der Waals surface area (Å²) in [6.45, 7) is 6.34. The van der Waals surface area contributed by atoms with Gasteiger partial charge in [0.2, 0.25) is 0 Å². The lowest BCUT2D eigenvalue weighted by molar-refractivity contribution is 0.0648. The van der Waals surface area contributed by atoms with Gasteiger partial charge in [-0.25, -0.2) is 8.42 Å². The molecule has 0 bridgehead atoms. The van der Waals surface area contributed by atoms with Crippen LogP contribution in [0.2, 0.25) is 0 Å². The summed E-state index contributed by atoms with van der Waals surface area (Å²) < 4.78 is 28.2. The van der Waals surface area contributed by atoms with Crippen LogP contribution >= 0.6 is 0 Å². The molecule has 1 aliphatic rings. The summed E-state index contributed by atoms with van der Waals surface area (Å²) in [6.07, 6.45) is 5.72. The van der Waals surface area contributed by atoms with Crippen molar-refractivity contribution in [3.8, 4) is 0 Å². The normalized spacial score (nSPS) is 15.1. The van der Waals surface area contributed by atoms with Gasteiger partial charge in [-0.1, -0.05) is 31.4 Å². The van der Waals surface area contributed by atoms with Crippen LogP contribution in [-0.4, -0.2) is 31.8 Å². The molecule has 5 nitrogen and oxygen atoms in total. The Morgan fingerprint density at radius 3 is 2.31 bits per heavy atom. The molecule has 29 heavy (non-hydrogen) atoms. The number of aryl methyl sites for hydroxylation is 2. The zero-order valence-electron chi connectivity index (χ0n) is 17.4. The summed E-state index contributed by atoms with van der Waals surface area (Å²) in [5.41, 5.74) is 2.62. The number of anilines is 1. The first-order valence-electron chi connectivity index (χ1n) is 10.3. The molecule has 0 spiro atoms. The summed E-state index contributed by atoms with van der Waals surface area (Å²) in [5.74, 6) is 0.0170. The fraction of sp³-hybridized carbons (Fsp3) is 0.435. The Kier molecular flexibility index (Phi) is 6.63. The van der Waals surface area contributed by atoms with E-state index in [0.29, 0.717) is 29.4 Å². The van der Waals surface area contributed by atoms with Crippen LogP contribution in [0.5, 0.6) is 0 Å². The predicted octanol–water partition coefficient (Wildman–Crippen LogP) is 4.90. The number of sulfonamides is 1. The van der Waals surface area contributed by atoms with Crippen molar-refractivity contribution in [3.63, 3.8) is 0 Å². The van der Waals surface area contributed by atoms with Crippen molar-refractivity contribution in [1.29, 1.82) is 0 Å². The Bertz CT molecular complexity index is 962. The Hall–Kier alpha value is -2.34. The van der Waals surface area contributed by atoms with Gasteiger partial charge in [-0.3, -0.25) is 9.52 Å². The quantitative estimate of drug-likeness (QED) is 0.731. The second-order valence-corrected chi connectivity index (χ2v) is 9.49. The Balaban J connectivity index is 1.75. The van der Waals surface area contributed by atoms with Crippen molar-refractivity contribution in [3.05, 3.63) is 59.2 Å². The number of benzene rings is 2. The number of carbonyl (C=O) groups excluding carboxylic acids is 1. The van der Waals surface area contributed by atoms with Gasteiger partial charge in [0.05, 0.1) is 4.90 Å². The Morgan fingerprint density at radius 2 is 1.69 bits per heavy atom. The lowest BCUT2D eigenvalue weighted by atomic mass is 9.93. The maximum absolute atomic E-state index is 13.0. The molecule has 0 saturated heterocycles. The Labute approximate surface area is 174 Å². The van der Waals surface area contributed by atoms with Gasteiger partial charge in [0.1, 0.15) is 0 Å². The maximum atomic E-state index is 13.0. The molecule has 1 saturated carbocycles. The Morgan fingerprint density at radius 1 is 1.03 bits per heavy atom. The van der Waals surface area contributed by atoms with Gasteiger partial charge < -0.3 is 4.90 Å². The highest BCUT2D eigenvalue weighted by molar-refractivity contribution is 7.92.